The van der Waals surface area contributed by atoms with Crippen molar-refractivity contribution in [1.82, 2.24) is 0 Å². The first kappa shape index (κ1) is 14.5. The van der Waals surface area contributed by atoms with Crippen LogP contribution in [0.15, 0.2) is 24.3 Å². The molecule has 5 nitrogen and oxygen atoms in total. The Morgan fingerprint density at radius 2 is 2.05 bits per heavy atom. The maximum absolute atomic E-state index is 11.5. The number of piperidine rings is 1. The minimum atomic E-state index is -0.311. The van der Waals surface area contributed by atoms with Crippen LogP contribution in [0.3, 0.4) is 0 Å². The van der Waals surface area contributed by atoms with Crippen LogP contribution in [0.25, 0.3) is 0 Å². The van der Waals surface area contributed by atoms with Gasteiger partial charge in [-0.2, -0.15) is 0 Å². The van der Waals surface area contributed by atoms with Crippen molar-refractivity contribution in [1.29, 1.82) is 0 Å². The molecule has 1 fully saturated rings. The second-order valence-corrected chi connectivity index (χ2v) is 5.30. The molecule has 1 saturated heterocycles. The van der Waals surface area contributed by atoms with Crippen molar-refractivity contribution in [2.45, 2.75) is 19.4 Å². The highest BCUT2D eigenvalue weighted by Gasteiger charge is 2.25. The predicted octanol–water partition coefficient (Wildman–Crippen LogP) is -0.247. The van der Waals surface area contributed by atoms with Crippen LogP contribution in [-0.4, -0.2) is 32.1 Å². The molecule has 0 atom stereocenters. The Hall–Kier alpha value is -1.88. The molecule has 2 rings (SSSR count). The van der Waals surface area contributed by atoms with Crippen LogP contribution in [0.5, 0.6) is 0 Å². The van der Waals surface area contributed by atoms with Gasteiger partial charge in [-0.05, 0) is 12.1 Å². The number of likely N-dealkylation sites (tertiary alicyclic amines) is 1. The van der Waals surface area contributed by atoms with E-state index in [2.05, 4.69) is 0 Å². The fraction of sp³-hybridized carbons (Fsp3) is 0.467. The van der Waals surface area contributed by atoms with Crippen LogP contribution in [0.2, 0.25) is 0 Å². The third kappa shape index (κ3) is 3.57. The van der Waals surface area contributed by atoms with Crippen molar-refractivity contribution in [2.75, 3.05) is 20.2 Å². The number of rotatable bonds is 4. The summed E-state index contributed by atoms with van der Waals surface area (Å²) in [6, 6.07) is 7.51. The highest BCUT2D eigenvalue weighted by molar-refractivity contribution is 5.89. The van der Waals surface area contributed by atoms with Crippen LogP contribution in [0.1, 0.15) is 28.8 Å². The highest BCUT2D eigenvalue weighted by Crippen LogP contribution is 2.10. The van der Waals surface area contributed by atoms with E-state index in [4.69, 9.17) is 10.5 Å². The molecule has 0 radical (unpaired) electrons. The number of hydrogen-bond donors (Lipinski definition) is 2. The first-order valence-electron chi connectivity index (χ1n) is 6.90. The maximum atomic E-state index is 11.5. The molecular formula is C15H21N2O3+. The molecule has 0 unspecified atom stereocenters. The molecule has 0 spiro atoms. The summed E-state index contributed by atoms with van der Waals surface area (Å²) in [7, 11) is 1.38. The van der Waals surface area contributed by atoms with E-state index in [1.165, 1.54) is 12.0 Å². The number of carbonyl (C=O) groups is 2. The van der Waals surface area contributed by atoms with Crippen LogP contribution >= 0.6 is 0 Å². The summed E-state index contributed by atoms with van der Waals surface area (Å²) in [6.07, 6.45) is 1.70. The summed E-state index contributed by atoms with van der Waals surface area (Å²) in [5.41, 5.74) is 7.03. The van der Waals surface area contributed by atoms with Gasteiger partial charge in [0.2, 0.25) is 5.91 Å². The summed E-state index contributed by atoms with van der Waals surface area (Å²) in [4.78, 5) is 24.0. The SMILES string of the molecule is COC(=O)c1cccc(C[NH+]2CCC(C(N)=O)CC2)c1. The maximum Gasteiger partial charge on any atom is 0.337 e. The van der Waals surface area contributed by atoms with E-state index in [9.17, 15) is 9.59 Å². The lowest BCUT2D eigenvalue weighted by atomic mass is 9.96. The molecule has 1 aliphatic heterocycles. The average Bonchev–Trinajstić information content (AvgIpc) is 2.47. The minimum absolute atomic E-state index is 0.0279. The zero-order valence-corrected chi connectivity index (χ0v) is 11.7. The molecule has 0 saturated carbocycles. The third-order valence-corrected chi connectivity index (χ3v) is 3.90. The lowest BCUT2D eigenvalue weighted by molar-refractivity contribution is -0.919. The summed E-state index contributed by atoms with van der Waals surface area (Å²) in [5.74, 6) is -0.467. The van der Waals surface area contributed by atoms with Gasteiger partial charge in [-0.15, -0.1) is 0 Å². The van der Waals surface area contributed by atoms with Crippen LogP contribution in [0.4, 0.5) is 0 Å². The molecule has 1 heterocycles. The Bertz CT molecular complexity index is 494. The molecule has 3 N–H and O–H groups in total. The van der Waals surface area contributed by atoms with Crippen molar-refractivity contribution < 1.29 is 19.2 Å². The van der Waals surface area contributed by atoms with Crippen molar-refractivity contribution in [2.24, 2.45) is 11.7 Å². The second-order valence-electron chi connectivity index (χ2n) is 5.30. The molecule has 5 heteroatoms. The van der Waals surface area contributed by atoms with Gasteiger partial charge in [0.25, 0.3) is 0 Å². The summed E-state index contributed by atoms with van der Waals surface area (Å²) in [6.45, 7) is 2.74. The number of amides is 1. The zero-order chi connectivity index (χ0) is 14.5. The van der Waals surface area contributed by atoms with Gasteiger partial charge in [0.05, 0.1) is 25.8 Å². The van der Waals surface area contributed by atoms with Gasteiger partial charge in [0.15, 0.2) is 0 Å². The number of hydrogen-bond acceptors (Lipinski definition) is 3. The number of ether oxygens (including phenoxy) is 1. The Kier molecular flexibility index (Phi) is 4.74. The molecule has 1 aliphatic rings. The average molecular weight is 277 g/mol. The molecule has 20 heavy (non-hydrogen) atoms. The van der Waals surface area contributed by atoms with Crippen LogP contribution in [-0.2, 0) is 16.1 Å². The fourth-order valence-corrected chi connectivity index (χ4v) is 2.70. The summed E-state index contributed by atoms with van der Waals surface area (Å²) in [5, 5.41) is 0. The van der Waals surface area contributed by atoms with Crippen molar-refractivity contribution in [3.05, 3.63) is 35.4 Å². The summed E-state index contributed by atoms with van der Waals surface area (Å²) >= 11 is 0. The molecule has 108 valence electrons. The number of benzene rings is 1. The lowest BCUT2D eigenvalue weighted by Gasteiger charge is -2.27. The smallest absolute Gasteiger partial charge is 0.337 e. The zero-order valence-electron chi connectivity index (χ0n) is 11.7. The number of quaternary nitrogens is 1. The van der Waals surface area contributed by atoms with E-state index < -0.39 is 0 Å². The van der Waals surface area contributed by atoms with E-state index in [1.54, 1.807) is 6.07 Å². The first-order chi connectivity index (χ1) is 9.60. The molecule has 0 aromatic heterocycles. The molecule has 1 aromatic carbocycles. The van der Waals surface area contributed by atoms with Crippen LogP contribution in [0, 0.1) is 5.92 Å². The van der Waals surface area contributed by atoms with E-state index in [1.807, 2.05) is 18.2 Å². The number of nitrogens with two attached hydrogens (primary N) is 1. The third-order valence-electron chi connectivity index (χ3n) is 3.90. The Labute approximate surface area is 118 Å². The molecular weight excluding hydrogens is 256 g/mol. The normalized spacial score (nSPS) is 22.2. The minimum Gasteiger partial charge on any atom is -0.465 e. The van der Waals surface area contributed by atoms with Crippen molar-refractivity contribution >= 4 is 11.9 Å². The topological polar surface area (TPSA) is 73.8 Å². The highest BCUT2D eigenvalue weighted by atomic mass is 16.5. The number of primary amides is 1. The van der Waals surface area contributed by atoms with Gasteiger partial charge < -0.3 is 15.4 Å². The molecule has 1 amide bonds. The Morgan fingerprint density at radius 3 is 2.65 bits per heavy atom. The van der Waals surface area contributed by atoms with Gasteiger partial charge in [-0.1, -0.05) is 12.1 Å². The number of methoxy groups -OCH3 is 1. The largest absolute Gasteiger partial charge is 0.465 e. The van der Waals surface area contributed by atoms with Gasteiger partial charge >= 0.3 is 5.97 Å². The monoisotopic (exact) mass is 277 g/mol. The van der Waals surface area contributed by atoms with Crippen molar-refractivity contribution in [3.8, 4) is 0 Å². The van der Waals surface area contributed by atoms with E-state index in [0.29, 0.717) is 5.56 Å². The first-order valence-corrected chi connectivity index (χ1v) is 6.90. The predicted molar refractivity (Wildman–Crippen MR) is 74.1 cm³/mol. The number of nitrogens with one attached hydrogen (secondary N) is 1. The fourth-order valence-electron chi connectivity index (χ4n) is 2.70. The Morgan fingerprint density at radius 1 is 1.35 bits per heavy atom. The van der Waals surface area contributed by atoms with Gasteiger partial charge in [-0.25, -0.2) is 4.79 Å². The van der Waals surface area contributed by atoms with Crippen LogP contribution < -0.4 is 10.6 Å². The standard InChI is InChI=1S/C15H20N2O3/c1-20-15(19)13-4-2-3-11(9-13)10-17-7-5-12(6-8-17)14(16)18/h2-4,9,12H,5-8,10H2,1H3,(H2,16,18)/p+1. The lowest BCUT2D eigenvalue weighted by Crippen LogP contribution is -3.11. The second kappa shape index (κ2) is 6.52. The summed E-state index contributed by atoms with van der Waals surface area (Å²) < 4.78 is 4.72. The van der Waals surface area contributed by atoms with E-state index >= 15 is 0 Å². The number of carbonyl (C=O) groups excluding carboxylic acids is 2. The van der Waals surface area contributed by atoms with Crippen molar-refractivity contribution in [3.63, 3.8) is 0 Å². The quantitative estimate of drug-likeness (QED) is 0.746. The molecule has 1 aromatic rings. The van der Waals surface area contributed by atoms with E-state index in [-0.39, 0.29) is 17.8 Å². The van der Waals surface area contributed by atoms with Gasteiger partial charge in [-0.3, -0.25) is 4.79 Å². The molecule has 0 aliphatic carbocycles. The molecule has 0 bridgehead atoms. The van der Waals surface area contributed by atoms with Gasteiger partial charge in [0, 0.05) is 24.3 Å². The van der Waals surface area contributed by atoms with E-state index in [0.717, 1.165) is 38.0 Å². The Balaban J connectivity index is 1.94. The van der Waals surface area contributed by atoms with Gasteiger partial charge in [0.1, 0.15) is 6.54 Å². The number of esters is 1.